The molecular formula is C14H14N2O. The summed E-state index contributed by atoms with van der Waals surface area (Å²) in [7, 11) is 0. The van der Waals surface area contributed by atoms with Gasteiger partial charge in [-0.2, -0.15) is 0 Å². The molecular weight excluding hydrogens is 212 g/mol. The van der Waals surface area contributed by atoms with Crippen LogP contribution >= 0.6 is 0 Å². The van der Waals surface area contributed by atoms with E-state index in [0.717, 1.165) is 5.56 Å². The highest BCUT2D eigenvalue weighted by Crippen LogP contribution is 2.11. The number of nitrogens with one attached hydrogen (secondary N) is 1. The lowest BCUT2D eigenvalue weighted by Gasteiger charge is -2.13. The zero-order valence-electron chi connectivity index (χ0n) is 9.63. The molecule has 0 aliphatic carbocycles. The zero-order valence-corrected chi connectivity index (χ0v) is 9.63. The van der Waals surface area contributed by atoms with Crippen LogP contribution in [0.25, 0.3) is 0 Å². The molecule has 1 amide bonds. The van der Waals surface area contributed by atoms with E-state index < -0.39 is 0 Å². The van der Waals surface area contributed by atoms with Crippen molar-refractivity contribution in [1.82, 2.24) is 10.3 Å². The van der Waals surface area contributed by atoms with Crippen molar-refractivity contribution < 1.29 is 4.79 Å². The van der Waals surface area contributed by atoms with Crippen LogP contribution in [0.4, 0.5) is 0 Å². The Hall–Kier alpha value is -2.16. The lowest BCUT2D eigenvalue weighted by Crippen LogP contribution is -2.26. The minimum absolute atomic E-state index is 0.0450. The number of aromatic nitrogens is 1. The minimum atomic E-state index is -0.0676. The zero-order chi connectivity index (χ0) is 12.1. The van der Waals surface area contributed by atoms with Crippen LogP contribution in [0.3, 0.4) is 0 Å². The first-order valence-corrected chi connectivity index (χ1v) is 5.53. The van der Waals surface area contributed by atoms with Gasteiger partial charge < -0.3 is 5.32 Å². The maximum absolute atomic E-state index is 11.9. The summed E-state index contributed by atoms with van der Waals surface area (Å²) in [6.07, 6.45) is 3.48. The van der Waals surface area contributed by atoms with Gasteiger partial charge in [-0.05, 0) is 30.7 Å². The monoisotopic (exact) mass is 226 g/mol. The van der Waals surface area contributed by atoms with Gasteiger partial charge in [-0.3, -0.25) is 9.78 Å². The van der Waals surface area contributed by atoms with Crippen LogP contribution in [0, 0.1) is 0 Å². The molecule has 0 aliphatic rings. The van der Waals surface area contributed by atoms with Gasteiger partial charge in [-0.15, -0.1) is 0 Å². The number of carbonyl (C=O) groups is 1. The first kappa shape index (κ1) is 11.3. The number of amides is 1. The molecule has 0 bridgehead atoms. The number of hydrogen-bond acceptors (Lipinski definition) is 2. The second kappa shape index (κ2) is 5.25. The van der Waals surface area contributed by atoms with E-state index in [1.807, 2.05) is 37.3 Å². The molecule has 2 aromatic rings. The largest absolute Gasteiger partial charge is 0.345 e. The van der Waals surface area contributed by atoms with Crippen molar-refractivity contribution in [2.24, 2.45) is 0 Å². The summed E-state index contributed by atoms with van der Waals surface area (Å²) >= 11 is 0. The van der Waals surface area contributed by atoms with Crippen molar-refractivity contribution in [3.63, 3.8) is 0 Å². The molecule has 3 nitrogen and oxygen atoms in total. The van der Waals surface area contributed by atoms with Crippen LogP contribution in [-0.2, 0) is 0 Å². The van der Waals surface area contributed by atoms with E-state index in [4.69, 9.17) is 0 Å². The molecule has 1 aromatic heterocycles. The van der Waals surface area contributed by atoms with Crippen LogP contribution in [0.15, 0.2) is 54.9 Å². The van der Waals surface area contributed by atoms with Crippen LogP contribution in [0.2, 0.25) is 0 Å². The summed E-state index contributed by atoms with van der Waals surface area (Å²) in [6.45, 7) is 1.94. The first-order valence-electron chi connectivity index (χ1n) is 5.53. The summed E-state index contributed by atoms with van der Waals surface area (Å²) < 4.78 is 0. The lowest BCUT2D eigenvalue weighted by atomic mass is 10.1. The van der Waals surface area contributed by atoms with E-state index in [2.05, 4.69) is 10.3 Å². The lowest BCUT2D eigenvalue weighted by molar-refractivity contribution is 0.0940. The van der Waals surface area contributed by atoms with E-state index >= 15 is 0 Å². The molecule has 0 spiro atoms. The van der Waals surface area contributed by atoms with E-state index in [0.29, 0.717) is 5.56 Å². The van der Waals surface area contributed by atoms with Crippen LogP contribution in [-0.4, -0.2) is 10.9 Å². The molecule has 1 atom stereocenters. The van der Waals surface area contributed by atoms with Gasteiger partial charge in [-0.1, -0.05) is 24.3 Å². The van der Waals surface area contributed by atoms with Gasteiger partial charge in [0.2, 0.25) is 0 Å². The van der Waals surface area contributed by atoms with Gasteiger partial charge in [0.15, 0.2) is 0 Å². The predicted molar refractivity (Wildman–Crippen MR) is 66.6 cm³/mol. The highest BCUT2D eigenvalue weighted by atomic mass is 16.1. The Balaban J connectivity index is 2.05. The number of hydrogen-bond donors (Lipinski definition) is 1. The summed E-state index contributed by atoms with van der Waals surface area (Å²) in [6, 6.07) is 12.9. The van der Waals surface area contributed by atoms with E-state index in [9.17, 15) is 4.79 Å². The fourth-order valence-electron chi connectivity index (χ4n) is 1.58. The normalized spacial score (nSPS) is 11.8. The number of benzene rings is 1. The van der Waals surface area contributed by atoms with Crippen LogP contribution in [0.1, 0.15) is 28.9 Å². The fraction of sp³-hybridized carbons (Fsp3) is 0.143. The Kier molecular flexibility index (Phi) is 3.50. The second-order valence-electron chi connectivity index (χ2n) is 3.85. The molecule has 86 valence electrons. The SMILES string of the molecule is C[C@@H](NC(=O)c1ccccc1)c1cccnc1. The molecule has 0 fully saturated rings. The number of nitrogens with zero attached hydrogens (tertiary/aromatic N) is 1. The van der Waals surface area contributed by atoms with Gasteiger partial charge >= 0.3 is 0 Å². The third-order valence-corrected chi connectivity index (χ3v) is 2.57. The summed E-state index contributed by atoms with van der Waals surface area (Å²) in [5.41, 5.74) is 1.67. The standard InChI is InChI=1S/C14H14N2O/c1-11(13-8-5-9-15-10-13)16-14(17)12-6-3-2-4-7-12/h2-11H,1H3,(H,16,17)/t11-/m1/s1. The van der Waals surface area contributed by atoms with Crippen molar-refractivity contribution >= 4 is 5.91 Å². The van der Waals surface area contributed by atoms with E-state index in [1.54, 1.807) is 24.5 Å². The minimum Gasteiger partial charge on any atom is -0.345 e. The molecule has 0 saturated heterocycles. The van der Waals surface area contributed by atoms with E-state index in [1.165, 1.54) is 0 Å². The molecule has 3 heteroatoms. The molecule has 0 radical (unpaired) electrons. The highest BCUT2D eigenvalue weighted by Gasteiger charge is 2.10. The van der Waals surface area contributed by atoms with Crippen molar-refractivity contribution in [3.05, 3.63) is 66.0 Å². The van der Waals surface area contributed by atoms with Crippen LogP contribution < -0.4 is 5.32 Å². The molecule has 0 aliphatic heterocycles. The van der Waals surface area contributed by atoms with Crippen molar-refractivity contribution in [2.75, 3.05) is 0 Å². The quantitative estimate of drug-likeness (QED) is 0.874. The third kappa shape index (κ3) is 2.91. The Morgan fingerprint density at radius 2 is 1.94 bits per heavy atom. The number of rotatable bonds is 3. The number of carbonyl (C=O) groups excluding carboxylic acids is 1. The highest BCUT2D eigenvalue weighted by molar-refractivity contribution is 5.94. The fourth-order valence-corrected chi connectivity index (χ4v) is 1.58. The van der Waals surface area contributed by atoms with Gasteiger partial charge in [0.05, 0.1) is 6.04 Å². The topological polar surface area (TPSA) is 42.0 Å². The van der Waals surface area contributed by atoms with E-state index in [-0.39, 0.29) is 11.9 Å². The molecule has 2 rings (SSSR count). The van der Waals surface area contributed by atoms with Gasteiger partial charge in [0.1, 0.15) is 0 Å². The first-order chi connectivity index (χ1) is 8.27. The Morgan fingerprint density at radius 1 is 1.18 bits per heavy atom. The molecule has 0 unspecified atom stereocenters. The average molecular weight is 226 g/mol. The Labute approximate surface area is 101 Å². The Bertz CT molecular complexity index is 482. The second-order valence-corrected chi connectivity index (χ2v) is 3.85. The van der Waals surface area contributed by atoms with Gasteiger partial charge in [0.25, 0.3) is 5.91 Å². The van der Waals surface area contributed by atoms with Crippen molar-refractivity contribution in [2.45, 2.75) is 13.0 Å². The summed E-state index contributed by atoms with van der Waals surface area (Å²) in [5, 5.41) is 2.93. The number of pyridine rings is 1. The summed E-state index contributed by atoms with van der Waals surface area (Å²) in [4.78, 5) is 15.9. The summed E-state index contributed by atoms with van der Waals surface area (Å²) in [5.74, 6) is -0.0676. The molecule has 1 N–H and O–H groups in total. The van der Waals surface area contributed by atoms with Gasteiger partial charge in [-0.25, -0.2) is 0 Å². The molecule has 1 heterocycles. The maximum Gasteiger partial charge on any atom is 0.251 e. The molecule has 17 heavy (non-hydrogen) atoms. The van der Waals surface area contributed by atoms with Crippen LogP contribution in [0.5, 0.6) is 0 Å². The van der Waals surface area contributed by atoms with Crippen molar-refractivity contribution in [1.29, 1.82) is 0 Å². The Morgan fingerprint density at radius 3 is 2.59 bits per heavy atom. The smallest absolute Gasteiger partial charge is 0.251 e. The van der Waals surface area contributed by atoms with Gasteiger partial charge in [0, 0.05) is 18.0 Å². The average Bonchev–Trinajstić information content (AvgIpc) is 2.40. The molecule has 1 aromatic carbocycles. The predicted octanol–water partition coefficient (Wildman–Crippen LogP) is 2.57. The molecule has 0 saturated carbocycles. The maximum atomic E-state index is 11.9. The van der Waals surface area contributed by atoms with Crippen molar-refractivity contribution in [3.8, 4) is 0 Å². The third-order valence-electron chi connectivity index (χ3n) is 2.57.